The van der Waals surface area contributed by atoms with E-state index in [2.05, 4.69) is 16.1 Å². The van der Waals surface area contributed by atoms with Gasteiger partial charge < -0.3 is 14.2 Å². The molecule has 0 bridgehead atoms. The van der Waals surface area contributed by atoms with E-state index in [0.717, 1.165) is 6.08 Å². The summed E-state index contributed by atoms with van der Waals surface area (Å²) in [5, 5.41) is 0. The van der Waals surface area contributed by atoms with Crippen LogP contribution in [-0.2, 0) is 28.6 Å². The maximum absolute atomic E-state index is 11.0. The fourth-order valence-corrected chi connectivity index (χ4v) is 0.966. The molecule has 1 heterocycles. The van der Waals surface area contributed by atoms with Crippen LogP contribution in [0.5, 0.6) is 0 Å². The molecule has 1 atom stereocenters. The Kier molecular flexibility index (Phi) is 3.84. The smallest absolute Gasteiger partial charge is 0.347 e. The first kappa shape index (κ1) is 11.2. The molecule has 1 aliphatic heterocycles. The van der Waals surface area contributed by atoms with Gasteiger partial charge in [-0.25, -0.2) is 14.4 Å². The van der Waals surface area contributed by atoms with E-state index in [4.69, 9.17) is 4.74 Å². The first-order valence-corrected chi connectivity index (χ1v) is 4.29. The molecule has 0 aromatic carbocycles. The highest BCUT2D eigenvalue weighted by atomic mass is 16.6. The summed E-state index contributed by atoms with van der Waals surface area (Å²) in [5.74, 6) is -2.08. The zero-order valence-corrected chi connectivity index (χ0v) is 7.93. The molecule has 0 amide bonds. The highest BCUT2D eigenvalue weighted by Crippen LogP contribution is 2.10. The largest absolute Gasteiger partial charge is 0.463 e. The van der Waals surface area contributed by atoms with Crippen LogP contribution in [0.1, 0.15) is 6.42 Å². The van der Waals surface area contributed by atoms with E-state index in [9.17, 15) is 14.4 Å². The van der Waals surface area contributed by atoms with Gasteiger partial charge in [-0.05, 0) is 0 Å². The fraction of sp³-hybridized carbons (Fsp3) is 0.444. The molecule has 0 N–H and O–H groups in total. The van der Waals surface area contributed by atoms with Crippen LogP contribution >= 0.6 is 0 Å². The molecule has 15 heavy (non-hydrogen) atoms. The summed E-state index contributed by atoms with van der Waals surface area (Å²) >= 11 is 0. The van der Waals surface area contributed by atoms with Crippen LogP contribution in [0.25, 0.3) is 0 Å². The summed E-state index contributed by atoms with van der Waals surface area (Å²) in [6.07, 6.45) is 0.386. The van der Waals surface area contributed by atoms with Gasteiger partial charge in [-0.15, -0.1) is 0 Å². The van der Waals surface area contributed by atoms with E-state index < -0.39 is 30.6 Å². The standard InChI is InChI=1S/C9H10O6/c1-2-7(10)14-5-8(11)15-6-3-4-13-9(6)12/h2,6H,1,3-5H2. The molecule has 6 nitrogen and oxygen atoms in total. The zero-order chi connectivity index (χ0) is 11.3. The van der Waals surface area contributed by atoms with E-state index in [1.165, 1.54) is 0 Å². The molecule has 1 rings (SSSR count). The van der Waals surface area contributed by atoms with E-state index in [0.29, 0.717) is 6.42 Å². The first-order chi connectivity index (χ1) is 7.13. The lowest BCUT2D eigenvalue weighted by Gasteiger charge is -2.07. The first-order valence-electron chi connectivity index (χ1n) is 4.29. The van der Waals surface area contributed by atoms with Crippen molar-refractivity contribution in [2.24, 2.45) is 0 Å². The second kappa shape index (κ2) is 5.14. The number of rotatable bonds is 4. The summed E-state index contributed by atoms with van der Waals surface area (Å²) < 4.78 is 13.7. The lowest BCUT2D eigenvalue weighted by Crippen LogP contribution is -2.25. The van der Waals surface area contributed by atoms with Crippen LogP contribution in [0.4, 0.5) is 0 Å². The summed E-state index contributed by atoms with van der Waals surface area (Å²) in [7, 11) is 0. The number of carbonyl (C=O) groups is 3. The molecule has 0 radical (unpaired) electrons. The third-order valence-corrected chi connectivity index (χ3v) is 1.66. The number of cyclic esters (lactones) is 1. The molecule has 1 fully saturated rings. The Labute approximate surface area is 85.8 Å². The molecule has 82 valence electrons. The highest BCUT2D eigenvalue weighted by Gasteiger charge is 2.30. The third kappa shape index (κ3) is 3.41. The Morgan fingerprint density at radius 3 is 2.87 bits per heavy atom. The molecule has 1 aliphatic rings. The molecular weight excluding hydrogens is 204 g/mol. The van der Waals surface area contributed by atoms with Gasteiger partial charge in [0.25, 0.3) is 0 Å². The van der Waals surface area contributed by atoms with Gasteiger partial charge in [-0.1, -0.05) is 6.58 Å². The van der Waals surface area contributed by atoms with Crippen LogP contribution in [-0.4, -0.2) is 37.2 Å². The molecular formula is C9H10O6. The van der Waals surface area contributed by atoms with Crippen molar-refractivity contribution in [3.8, 4) is 0 Å². The highest BCUT2D eigenvalue weighted by molar-refractivity contribution is 5.85. The van der Waals surface area contributed by atoms with Crippen LogP contribution in [0.3, 0.4) is 0 Å². The lowest BCUT2D eigenvalue weighted by molar-refractivity contribution is -0.165. The average molecular weight is 214 g/mol. The van der Waals surface area contributed by atoms with Crippen LogP contribution in [0.2, 0.25) is 0 Å². The number of carbonyl (C=O) groups excluding carboxylic acids is 3. The van der Waals surface area contributed by atoms with E-state index in [-0.39, 0.29) is 6.61 Å². The van der Waals surface area contributed by atoms with E-state index in [1.54, 1.807) is 0 Å². The van der Waals surface area contributed by atoms with Crippen molar-refractivity contribution in [3.05, 3.63) is 12.7 Å². The molecule has 1 unspecified atom stereocenters. The minimum Gasteiger partial charge on any atom is -0.463 e. The Morgan fingerprint density at radius 1 is 1.60 bits per heavy atom. The van der Waals surface area contributed by atoms with Gasteiger partial charge >= 0.3 is 17.9 Å². The van der Waals surface area contributed by atoms with Gasteiger partial charge in [0.05, 0.1) is 6.61 Å². The van der Waals surface area contributed by atoms with Crippen molar-refractivity contribution in [3.63, 3.8) is 0 Å². The topological polar surface area (TPSA) is 78.9 Å². The molecule has 6 heteroatoms. The van der Waals surface area contributed by atoms with E-state index >= 15 is 0 Å². The Hall–Kier alpha value is -1.85. The third-order valence-electron chi connectivity index (χ3n) is 1.66. The minimum absolute atomic E-state index is 0.239. The zero-order valence-electron chi connectivity index (χ0n) is 7.93. The summed E-state index contributed by atoms with van der Waals surface area (Å²) in [6, 6.07) is 0. The van der Waals surface area contributed by atoms with Crippen LogP contribution in [0, 0.1) is 0 Å². The number of hydrogen-bond donors (Lipinski definition) is 0. The summed E-state index contributed by atoms with van der Waals surface area (Å²) in [4.78, 5) is 32.5. The molecule has 0 aromatic rings. The predicted molar refractivity (Wildman–Crippen MR) is 46.6 cm³/mol. The van der Waals surface area contributed by atoms with Crippen molar-refractivity contribution in [1.82, 2.24) is 0 Å². The van der Waals surface area contributed by atoms with E-state index in [1.807, 2.05) is 0 Å². The molecule has 1 saturated heterocycles. The summed E-state index contributed by atoms with van der Waals surface area (Å²) in [6.45, 7) is 2.86. The maximum Gasteiger partial charge on any atom is 0.347 e. The van der Waals surface area contributed by atoms with Gasteiger partial charge in [0.15, 0.2) is 6.61 Å². The minimum atomic E-state index is -0.875. The summed E-state index contributed by atoms with van der Waals surface area (Å²) in [5.41, 5.74) is 0. The molecule has 0 aromatic heterocycles. The van der Waals surface area contributed by atoms with Crippen molar-refractivity contribution in [2.75, 3.05) is 13.2 Å². The van der Waals surface area contributed by atoms with Gasteiger partial charge in [0.2, 0.25) is 6.10 Å². The van der Waals surface area contributed by atoms with Crippen LogP contribution < -0.4 is 0 Å². The normalized spacial score (nSPS) is 19.2. The molecule has 0 saturated carbocycles. The second-order valence-electron chi connectivity index (χ2n) is 2.75. The van der Waals surface area contributed by atoms with Crippen molar-refractivity contribution < 1.29 is 28.6 Å². The van der Waals surface area contributed by atoms with Crippen molar-refractivity contribution in [1.29, 1.82) is 0 Å². The van der Waals surface area contributed by atoms with Crippen LogP contribution in [0.15, 0.2) is 12.7 Å². The quantitative estimate of drug-likeness (QED) is 0.359. The SMILES string of the molecule is C=CC(=O)OCC(=O)OC1CCOC1=O. The van der Waals surface area contributed by atoms with Crippen molar-refractivity contribution >= 4 is 17.9 Å². The molecule has 0 aliphatic carbocycles. The second-order valence-corrected chi connectivity index (χ2v) is 2.75. The lowest BCUT2D eigenvalue weighted by atomic mass is 10.3. The number of hydrogen-bond acceptors (Lipinski definition) is 6. The van der Waals surface area contributed by atoms with Gasteiger partial charge in [-0.2, -0.15) is 0 Å². The Balaban J connectivity index is 2.26. The number of esters is 3. The molecule has 0 spiro atoms. The van der Waals surface area contributed by atoms with Crippen molar-refractivity contribution in [2.45, 2.75) is 12.5 Å². The average Bonchev–Trinajstić information content (AvgIpc) is 2.61. The van der Waals surface area contributed by atoms with Gasteiger partial charge in [-0.3, -0.25) is 0 Å². The Bertz CT molecular complexity index is 295. The predicted octanol–water partition coefficient (Wildman–Crippen LogP) is -0.426. The monoisotopic (exact) mass is 214 g/mol. The van der Waals surface area contributed by atoms with Gasteiger partial charge in [0, 0.05) is 12.5 Å². The van der Waals surface area contributed by atoms with Gasteiger partial charge in [0.1, 0.15) is 0 Å². The maximum atomic E-state index is 11.0. The number of ether oxygens (including phenoxy) is 3. The fourth-order valence-electron chi connectivity index (χ4n) is 0.966. The Morgan fingerprint density at radius 2 is 2.33 bits per heavy atom.